The average molecular weight is 222 g/mol. The summed E-state index contributed by atoms with van der Waals surface area (Å²) >= 11 is 0. The van der Waals surface area contributed by atoms with Gasteiger partial charge in [0.1, 0.15) is 5.82 Å². The predicted molar refractivity (Wildman–Crippen MR) is 60.4 cm³/mol. The summed E-state index contributed by atoms with van der Waals surface area (Å²) in [5.41, 5.74) is 0.0706. The van der Waals surface area contributed by atoms with E-state index in [1.165, 1.54) is 18.3 Å². The first kappa shape index (κ1) is 10.8. The Morgan fingerprint density at radius 3 is 3.19 bits per heavy atom. The zero-order chi connectivity index (χ0) is 11.4. The van der Waals surface area contributed by atoms with Crippen molar-refractivity contribution in [3.63, 3.8) is 0 Å². The van der Waals surface area contributed by atoms with E-state index in [1.807, 2.05) is 0 Å². The molecule has 1 fully saturated rings. The molecule has 86 valence electrons. The number of hydrogen-bond acceptors (Lipinski definition) is 5. The molecule has 0 aromatic carbocycles. The number of piperidine rings is 1. The maximum absolute atomic E-state index is 10.6. The first-order valence-electron chi connectivity index (χ1n) is 5.33. The Balaban J connectivity index is 2.02. The Morgan fingerprint density at radius 1 is 1.62 bits per heavy atom. The third-order valence-electron chi connectivity index (χ3n) is 2.60. The lowest BCUT2D eigenvalue weighted by atomic mass is 10.1. The van der Waals surface area contributed by atoms with E-state index in [-0.39, 0.29) is 5.69 Å². The number of hydrogen-bond donors (Lipinski definition) is 2. The summed E-state index contributed by atoms with van der Waals surface area (Å²) in [6.45, 7) is 1.92. The molecule has 1 aromatic heterocycles. The molecular weight excluding hydrogens is 208 g/mol. The van der Waals surface area contributed by atoms with Gasteiger partial charge in [-0.2, -0.15) is 0 Å². The van der Waals surface area contributed by atoms with Gasteiger partial charge in [-0.05, 0) is 19.4 Å². The van der Waals surface area contributed by atoms with Gasteiger partial charge in [0.05, 0.1) is 11.0 Å². The minimum atomic E-state index is -0.411. The normalized spacial score (nSPS) is 20.4. The predicted octanol–water partition coefficient (Wildman–Crippen LogP) is 1.15. The fourth-order valence-corrected chi connectivity index (χ4v) is 1.80. The molecule has 2 heterocycles. The molecule has 0 radical (unpaired) electrons. The van der Waals surface area contributed by atoms with Crippen LogP contribution in [-0.2, 0) is 0 Å². The molecule has 1 saturated heterocycles. The highest BCUT2D eigenvalue weighted by Gasteiger charge is 2.14. The number of pyridine rings is 1. The summed E-state index contributed by atoms with van der Waals surface area (Å²) in [4.78, 5) is 14.2. The second kappa shape index (κ2) is 4.89. The molecule has 6 heteroatoms. The minimum Gasteiger partial charge on any atom is -0.366 e. The van der Waals surface area contributed by atoms with E-state index in [0.717, 1.165) is 25.9 Å². The van der Waals surface area contributed by atoms with Crippen LogP contribution in [0.5, 0.6) is 0 Å². The van der Waals surface area contributed by atoms with Crippen LogP contribution in [0.1, 0.15) is 12.8 Å². The summed E-state index contributed by atoms with van der Waals surface area (Å²) in [5.74, 6) is 0.572. The largest absolute Gasteiger partial charge is 0.366 e. The lowest BCUT2D eigenvalue weighted by molar-refractivity contribution is -0.384. The lowest BCUT2D eigenvalue weighted by Gasteiger charge is -2.24. The van der Waals surface area contributed by atoms with Crippen molar-refractivity contribution in [2.75, 3.05) is 18.4 Å². The molecule has 2 N–H and O–H groups in total. The summed E-state index contributed by atoms with van der Waals surface area (Å²) in [6.07, 6.45) is 3.64. The lowest BCUT2D eigenvalue weighted by Crippen LogP contribution is -2.38. The second-order valence-electron chi connectivity index (χ2n) is 3.84. The standard InChI is InChI=1S/C10H14N4O2/c15-14(16)9-3-5-12-10(6-9)13-8-2-1-4-11-7-8/h3,5-6,8,11H,1-2,4,7H2,(H,12,13). The third kappa shape index (κ3) is 2.66. The van der Waals surface area contributed by atoms with Crippen LogP contribution >= 0.6 is 0 Å². The molecule has 0 spiro atoms. The second-order valence-corrected chi connectivity index (χ2v) is 3.84. The first-order chi connectivity index (χ1) is 7.75. The SMILES string of the molecule is O=[N+]([O-])c1ccnc(NC2CCCNC2)c1. The summed E-state index contributed by atoms with van der Waals surface area (Å²) in [6, 6.07) is 3.17. The average Bonchev–Trinajstić information content (AvgIpc) is 2.30. The van der Waals surface area contributed by atoms with Crippen molar-refractivity contribution in [2.24, 2.45) is 0 Å². The number of rotatable bonds is 3. The zero-order valence-corrected chi connectivity index (χ0v) is 8.85. The van der Waals surface area contributed by atoms with Crippen LogP contribution < -0.4 is 10.6 Å². The van der Waals surface area contributed by atoms with Crippen molar-refractivity contribution in [1.29, 1.82) is 0 Å². The van der Waals surface area contributed by atoms with Crippen LogP contribution in [0.3, 0.4) is 0 Å². The fraction of sp³-hybridized carbons (Fsp3) is 0.500. The Hall–Kier alpha value is -1.69. The molecular formula is C10H14N4O2. The Kier molecular flexibility index (Phi) is 3.31. The van der Waals surface area contributed by atoms with Gasteiger partial charge in [0.25, 0.3) is 5.69 Å². The Labute approximate surface area is 93.2 Å². The summed E-state index contributed by atoms with van der Waals surface area (Å²) in [7, 11) is 0. The quantitative estimate of drug-likeness (QED) is 0.592. The molecule has 1 atom stereocenters. The highest BCUT2D eigenvalue weighted by molar-refractivity contribution is 5.44. The van der Waals surface area contributed by atoms with Gasteiger partial charge >= 0.3 is 0 Å². The zero-order valence-electron chi connectivity index (χ0n) is 8.85. The molecule has 0 saturated carbocycles. The van der Waals surface area contributed by atoms with Crippen LogP contribution in [0.4, 0.5) is 11.5 Å². The maximum Gasteiger partial charge on any atom is 0.274 e. The molecule has 0 aliphatic carbocycles. The van der Waals surface area contributed by atoms with E-state index < -0.39 is 4.92 Å². The van der Waals surface area contributed by atoms with Gasteiger partial charge in [-0.3, -0.25) is 10.1 Å². The molecule has 1 aliphatic heterocycles. The summed E-state index contributed by atoms with van der Waals surface area (Å²) in [5, 5.41) is 17.0. The van der Waals surface area contributed by atoms with Crippen molar-refractivity contribution in [3.8, 4) is 0 Å². The first-order valence-corrected chi connectivity index (χ1v) is 5.33. The van der Waals surface area contributed by atoms with E-state index in [4.69, 9.17) is 0 Å². The van der Waals surface area contributed by atoms with Gasteiger partial charge < -0.3 is 10.6 Å². The van der Waals surface area contributed by atoms with Crippen molar-refractivity contribution in [2.45, 2.75) is 18.9 Å². The van der Waals surface area contributed by atoms with Crippen molar-refractivity contribution >= 4 is 11.5 Å². The summed E-state index contributed by atoms with van der Waals surface area (Å²) < 4.78 is 0. The maximum atomic E-state index is 10.6. The Bertz CT molecular complexity index is 377. The molecule has 2 rings (SSSR count). The van der Waals surface area contributed by atoms with Crippen molar-refractivity contribution in [3.05, 3.63) is 28.4 Å². The van der Waals surface area contributed by atoms with Gasteiger partial charge in [-0.1, -0.05) is 0 Å². The van der Waals surface area contributed by atoms with Crippen LogP contribution in [0, 0.1) is 10.1 Å². The van der Waals surface area contributed by atoms with E-state index in [1.54, 1.807) is 0 Å². The van der Waals surface area contributed by atoms with E-state index in [0.29, 0.717) is 11.9 Å². The number of nitrogens with zero attached hydrogens (tertiary/aromatic N) is 2. The number of anilines is 1. The smallest absolute Gasteiger partial charge is 0.274 e. The highest BCUT2D eigenvalue weighted by atomic mass is 16.6. The molecule has 0 bridgehead atoms. The number of nitrogens with one attached hydrogen (secondary N) is 2. The molecule has 1 unspecified atom stereocenters. The molecule has 16 heavy (non-hydrogen) atoms. The van der Waals surface area contributed by atoms with Gasteiger partial charge in [0.2, 0.25) is 0 Å². The number of nitro groups is 1. The van der Waals surface area contributed by atoms with E-state index in [2.05, 4.69) is 15.6 Å². The molecule has 1 aromatic rings. The van der Waals surface area contributed by atoms with E-state index >= 15 is 0 Å². The van der Waals surface area contributed by atoms with Gasteiger partial charge in [0, 0.05) is 24.8 Å². The third-order valence-corrected chi connectivity index (χ3v) is 2.60. The van der Waals surface area contributed by atoms with Crippen LogP contribution in [-0.4, -0.2) is 29.0 Å². The Morgan fingerprint density at radius 2 is 2.50 bits per heavy atom. The monoisotopic (exact) mass is 222 g/mol. The molecule has 6 nitrogen and oxygen atoms in total. The van der Waals surface area contributed by atoms with Crippen LogP contribution in [0.2, 0.25) is 0 Å². The highest BCUT2D eigenvalue weighted by Crippen LogP contribution is 2.16. The van der Waals surface area contributed by atoms with Gasteiger partial charge in [-0.15, -0.1) is 0 Å². The van der Waals surface area contributed by atoms with E-state index in [9.17, 15) is 10.1 Å². The van der Waals surface area contributed by atoms with Crippen LogP contribution in [0.15, 0.2) is 18.3 Å². The van der Waals surface area contributed by atoms with Crippen molar-refractivity contribution < 1.29 is 4.92 Å². The van der Waals surface area contributed by atoms with Crippen molar-refractivity contribution in [1.82, 2.24) is 10.3 Å². The van der Waals surface area contributed by atoms with Gasteiger partial charge in [-0.25, -0.2) is 4.98 Å². The fourth-order valence-electron chi connectivity index (χ4n) is 1.80. The number of aromatic nitrogens is 1. The molecule has 0 amide bonds. The van der Waals surface area contributed by atoms with Crippen LogP contribution in [0.25, 0.3) is 0 Å². The minimum absolute atomic E-state index is 0.0706. The topological polar surface area (TPSA) is 80.1 Å². The van der Waals surface area contributed by atoms with Gasteiger partial charge in [0.15, 0.2) is 0 Å². The molecule has 1 aliphatic rings.